The Kier molecular flexibility index (Phi) is 6.14. The van der Waals surface area contributed by atoms with E-state index in [1.165, 1.54) is 5.56 Å². The Morgan fingerprint density at radius 2 is 1.76 bits per heavy atom. The van der Waals surface area contributed by atoms with Crippen LogP contribution in [-0.4, -0.2) is 28.5 Å². The average Bonchev–Trinajstić information content (AvgIpc) is 2.68. The minimum atomic E-state index is 0.0759. The van der Waals surface area contributed by atoms with Gasteiger partial charge in [0, 0.05) is 36.6 Å². The first-order chi connectivity index (χ1) is 12.2. The highest BCUT2D eigenvalue weighted by molar-refractivity contribution is 5.92. The molecule has 1 amide bonds. The van der Waals surface area contributed by atoms with Gasteiger partial charge in [-0.25, -0.2) is 5.01 Å². The maximum absolute atomic E-state index is 12.4. The Bertz CT molecular complexity index is 654. The van der Waals surface area contributed by atoms with Crippen molar-refractivity contribution in [3.8, 4) is 0 Å². The van der Waals surface area contributed by atoms with Crippen LogP contribution >= 0.6 is 0 Å². The summed E-state index contributed by atoms with van der Waals surface area (Å²) in [6, 6.07) is 14.4. The second-order valence-electron chi connectivity index (χ2n) is 6.70. The van der Waals surface area contributed by atoms with E-state index < -0.39 is 0 Å². The van der Waals surface area contributed by atoms with Crippen molar-refractivity contribution in [2.45, 2.75) is 38.1 Å². The number of pyridine rings is 1. The molecule has 5 heteroatoms. The largest absolute Gasteiger partial charge is 0.326 e. The summed E-state index contributed by atoms with van der Waals surface area (Å²) in [7, 11) is 0. The lowest BCUT2D eigenvalue weighted by Crippen LogP contribution is -2.45. The number of nitrogens with two attached hydrogens (primary N) is 1. The molecule has 0 spiro atoms. The molecule has 1 aliphatic rings. The van der Waals surface area contributed by atoms with Crippen LogP contribution < -0.4 is 11.2 Å². The van der Waals surface area contributed by atoms with Crippen molar-refractivity contribution in [2.75, 3.05) is 11.9 Å². The van der Waals surface area contributed by atoms with E-state index in [1.54, 1.807) is 12.4 Å². The van der Waals surface area contributed by atoms with Gasteiger partial charge in [0.05, 0.1) is 0 Å². The molecule has 0 atom stereocenters. The first kappa shape index (κ1) is 17.6. The molecular weight excluding hydrogens is 312 g/mol. The normalized spacial score (nSPS) is 20.4. The van der Waals surface area contributed by atoms with Crippen molar-refractivity contribution in [1.29, 1.82) is 0 Å². The highest BCUT2D eigenvalue weighted by Gasteiger charge is 2.28. The molecular formula is C20H26N4O. The Balaban J connectivity index is 1.42. The van der Waals surface area contributed by atoms with E-state index in [2.05, 4.69) is 34.6 Å². The van der Waals surface area contributed by atoms with Crippen molar-refractivity contribution in [3.63, 3.8) is 0 Å². The third kappa shape index (κ3) is 5.11. The van der Waals surface area contributed by atoms with Crippen LogP contribution in [0, 0.1) is 5.92 Å². The van der Waals surface area contributed by atoms with Gasteiger partial charge < -0.3 is 5.32 Å². The maximum Gasteiger partial charge on any atom is 0.227 e. The molecule has 0 unspecified atom stereocenters. The lowest BCUT2D eigenvalue weighted by molar-refractivity contribution is -0.121. The van der Waals surface area contributed by atoms with Gasteiger partial charge in [-0.05, 0) is 49.8 Å². The smallest absolute Gasteiger partial charge is 0.227 e. The fraction of sp³-hybridized carbons (Fsp3) is 0.400. The summed E-state index contributed by atoms with van der Waals surface area (Å²) in [5, 5.41) is 4.94. The number of hydrazine groups is 1. The van der Waals surface area contributed by atoms with Gasteiger partial charge in [0.2, 0.25) is 5.91 Å². The molecule has 5 nitrogen and oxygen atoms in total. The SMILES string of the molecule is NN(CCc1ccccc1)C1CCC(C(=O)Nc2ccncc2)CC1. The minimum Gasteiger partial charge on any atom is -0.326 e. The molecule has 2 aromatic rings. The van der Waals surface area contributed by atoms with Crippen LogP contribution in [0.3, 0.4) is 0 Å². The van der Waals surface area contributed by atoms with E-state index in [0.29, 0.717) is 6.04 Å². The van der Waals surface area contributed by atoms with E-state index in [9.17, 15) is 4.79 Å². The molecule has 0 bridgehead atoms. The topological polar surface area (TPSA) is 71.2 Å². The monoisotopic (exact) mass is 338 g/mol. The Labute approximate surface area is 149 Å². The van der Waals surface area contributed by atoms with Crippen molar-refractivity contribution >= 4 is 11.6 Å². The summed E-state index contributed by atoms with van der Waals surface area (Å²) in [6.45, 7) is 0.850. The molecule has 1 heterocycles. The molecule has 3 N–H and O–H groups in total. The fourth-order valence-corrected chi connectivity index (χ4v) is 3.43. The van der Waals surface area contributed by atoms with Crippen molar-refractivity contribution in [1.82, 2.24) is 9.99 Å². The molecule has 1 aromatic carbocycles. The zero-order valence-electron chi connectivity index (χ0n) is 14.5. The minimum absolute atomic E-state index is 0.0759. The van der Waals surface area contributed by atoms with E-state index in [1.807, 2.05) is 23.2 Å². The lowest BCUT2D eigenvalue weighted by Gasteiger charge is -2.33. The molecule has 25 heavy (non-hydrogen) atoms. The second kappa shape index (κ2) is 8.74. The average molecular weight is 338 g/mol. The number of hydrogen-bond acceptors (Lipinski definition) is 4. The Morgan fingerprint density at radius 3 is 2.44 bits per heavy atom. The van der Waals surface area contributed by atoms with Crippen molar-refractivity contribution in [2.24, 2.45) is 11.8 Å². The standard InChI is InChI=1S/C20H26N4O/c21-24(15-12-16-4-2-1-3-5-16)19-8-6-17(7-9-19)20(25)23-18-10-13-22-14-11-18/h1-5,10-11,13-14,17,19H,6-9,12,15,21H2,(H,22,23,25). The van der Waals surface area contributed by atoms with Gasteiger partial charge in [0.1, 0.15) is 0 Å². The third-order valence-corrected chi connectivity index (χ3v) is 4.99. The quantitative estimate of drug-likeness (QED) is 0.627. The number of anilines is 1. The third-order valence-electron chi connectivity index (χ3n) is 4.99. The predicted octanol–water partition coefficient (Wildman–Crippen LogP) is 3.00. The van der Waals surface area contributed by atoms with Gasteiger partial charge in [-0.3, -0.25) is 15.6 Å². The number of aromatic nitrogens is 1. The molecule has 1 fully saturated rings. The van der Waals surface area contributed by atoms with Gasteiger partial charge in [0.25, 0.3) is 0 Å². The van der Waals surface area contributed by atoms with E-state index in [-0.39, 0.29) is 11.8 Å². The zero-order chi connectivity index (χ0) is 17.5. The fourth-order valence-electron chi connectivity index (χ4n) is 3.43. The number of carbonyl (C=O) groups excluding carboxylic acids is 1. The van der Waals surface area contributed by atoms with Crippen molar-refractivity contribution < 1.29 is 4.79 Å². The number of rotatable bonds is 6. The first-order valence-electron chi connectivity index (χ1n) is 8.98. The number of benzene rings is 1. The van der Waals surface area contributed by atoms with Gasteiger partial charge in [-0.1, -0.05) is 30.3 Å². The lowest BCUT2D eigenvalue weighted by atomic mass is 9.85. The summed E-state index contributed by atoms with van der Waals surface area (Å²) in [4.78, 5) is 16.3. The summed E-state index contributed by atoms with van der Waals surface area (Å²) in [5.74, 6) is 6.45. The molecule has 1 saturated carbocycles. The number of carbonyl (C=O) groups is 1. The van der Waals surface area contributed by atoms with Crippen LogP contribution in [0.5, 0.6) is 0 Å². The van der Waals surface area contributed by atoms with Gasteiger partial charge in [0.15, 0.2) is 0 Å². The molecule has 132 valence electrons. The highest BCUT2D eigenvalue weighted by Crippen LogP contribution is 2.27. The highest BCUT2D eigenvalue weighted by atomic mass is 16.1. The number of nitrogens with one attached hydrogen (secondary N) is 1. The van der Waals surface area contributed by atoms with Gasteiger partial charge >= 0.3 is 0 Å². The first-order valence-corrected chi connectivity index (χ1v) is 8.98. The van der Waals surface area contributed by atoms with Crippen LogP contribution in [0.4, 0.5) is 5.69 Å². The van der Waals surface area contributed by atoms with E-state index in [4.69, 9.17) is 5.84 Å². The molecule has 0 saturated heterocycles. The predicted molar refractivity (Wildman–Crippen MR) is 99.7 cm³/mol. The molecule has 0 radical (unpaired) electrons. The summed E-state index contributed by atoms with van der Waals surface area (Å²) in [5.41, 5.74) is 2.12. The second-order valence-corrected chi connectivity index (χ2v) is 6.70. The molecule has 3 rings (SSSR count). The zero-order valence-corrected chi connectivity index (χ0v) is 14.5. The Hall–Kier alpha value is -2.24. The van der Waals surface area contributed by atoms with Gasteiger partial charge in [-0.2, -0.15) is 0 Å². The van der Waals surface area contributed by atoms with Crippen LogP contribution in [0.1, 0.15) is 31.2 Å². The molecule has 0 aliphatic heterocycles. The van der Waals surface area contributed by atoms with Crippen LogP contribution in [0.15, 0.2) is 54.9 Å². The van der Waals surface area contributed by atoms with Gasteiger partial charge in [-0.15, -0.1) is 0 Å². The molecule has 1 aliphatic carbocycles. The van der Waals surface area contributed by atoms with E-state index >= 15 is 0 Å². The summed E-state index contributed by atoms with van der Waals surface area (Å²) in [6.07, 6.45) is 8.05. The van der Waals surface area contributed by atoms with E-state index in [0.717, 1.165) is 44.3 Å². The van der Waals surface area contributed by atoms with Crippen LogP contribution in [0.2, 0.25) is 0 Å². The number of amides is 1. The Morgan fingerprint density at radius 1 is 1.08 bits per heavy atom. The number of nitrogens with zero attached hydrogens (tertiary/aromatic N) is 2. The summed E-state index contributed by atoms with van der Waals surface area (Å²) >= 11 is 0. The van der Waals surface area contributed by atoms with Crippen LogP contribution in [-0.2, 0) is 11.2 Å². The van der Waals surface area contributed by atoms with Crippen molar-refractivity contribution in [3.05, 3.63) is 60.4 Å². The maximum atomic E-state index is 12.4. The van der Waals surface area contributed by atoms with Crippen LogP contribution in [0.25, 0.3) is 0 Å². The summed E-state index contributed by atoms with van der Waals surface area (Å²) < 4.78 is 0. The number of hydrogen-bond donors (Lipinski definition) is 2. The molecule has 1 aromatic heterocycles.